The van der Waals surface area contributed by atoms with Crippen molar-refractivity contribution in [3.05, 3.63) is 23.8 Å². The molecule has 0 aliphatic heterocycles. The number of carbonyl (C=O) groups is 2. The number of hydrogen-bond acceptors (Lipinski definition) is 4. The third-order valence-electron chi connectivity index (χ3n) is 2.61. The van der Waals surface area contributed by atoms with Crippen LogP contribution in [-0.4, -0.2) is 45.2 Å². The third kappa shape index (κ3) is 2.91. The van der Waals surface area contributed by atoms with Crippen LogP contribution in [0.2, 0.25) is 0 Å². The molecule has 0 fully saturated rings. The molecule has 0 heterocycles. The maximum atomic E-state index is 12.0. The predicted molar refractivity (Wildman–Crippen MR) is 63.6 cm³/mol. The molecule has 18 heavy (non-hydrogen) atoms. The van der Waals surface area contributed by atoms with E-state index in [1.54, 1.807) is 6.92 Å². The lowest BCUT2D eigenvalue weighted by molar-refractivity contribution is -0.142. The summed E-state index contributed by atoms with van der Waals surface area (Å²) < 4.78 is 0. The van der Waals surface area contributed by atoms with Gasteiger partial charge in [-0.15, -0.1) is 0 Å². The molecule has 0 aliphatic carbocycles. The van der Waals surface area contributed by atoms with Crippen molar-refractivity contribution in [3.8, 4) is 11.5 Å². The highest BCUT2D eigenvalue weighted by Crippen LogP contribution is 2.22. The number of aromatic hydroxyl groups is 2. The summed E-state index contributed by atoms with van der Waals surface area (Å²) in [6.07, 6.45) is 0.266. The number of nitrogens with zero attached hydrogens (tertiary/aromatic N) is 1. The van der Waals surface area contributed by atoms with Crippen LogP contribution in [0.4, 0.5) is 0 Å². The second-order valence-corrected chi connectivity index (χ2v) is 3.92. The van der Waals surface area contributed by atoms with Crippen molar-refractivity contribution in [1.82, 2.24) is 4.90 Å². The lowest BCUT2D eigenvalue weighted by atomic mass is 10.1. The number of hydrogen-bond donors (Lipinski definition) is 3. The highest BCUT2D eigenvalue weighted by molar-refractivity contribution is 5.97. The van der Waals surface area contributed by atoms with Crippen LogP contribution in [0, 0.1) is 0 Å². The van der Waals surface area contributed by atoms with Crippen molar-refractivity contribution in [3.63, 3.8) is 0 Å². The highest BCUT2D eigenvalue weighted by atomic mass is 16.4. The number of carbonyl (C=O) groups excluding carboxylic acids is 1. The van der Waals surface area contributed by atoms with Gasteiger partial charge in [-0.3, -0.25) is 4.79 Å². The number of phenolic OH excluding ortho intramolecular Hbond substituents is 2. The molecule has 0 spiro atoms. The van der Waals surface area contributed by atoms with Crippen LogP contribution in [0.15, 0.2) is 18.2 Å². The lowest BCUT2D eigenvalue weighted by Crippen LogP contribution is -2.41. The summed E-state index contributed by atoms with van der Waals surface area (Å²) in [6, 6.07) is 2.49. The van der Waals surface area contributed by atoms with Gasteiger partial charge in [0.05, 0.1) is 0 Å². The van der Waals surface area contributed by atoms with Gasteiger partial charge in [0.1, 0.15) is 17.5 Å². The minimum absolute atomic E-state index is 0.0368. The molecule has 0 bridgehead atoms. The van der Waals surface area contributed by atoms with Gasteiger partial charge >= 0.3 is 5.97 Å². The molecule has 1 aromatic carbocycles. The fraction of sp³-hybridized carbons (Fsp3) is 0.333. The van der Waals surface area contributed by atoms with Gasteiger partial charge in [0, 0.05) is 18.7 Å². The molecule has 6 nitrogen and oxygen atoms in total. The second kappa shape index (κ2) is 5.39. The maximum Gasteiger partial charge on any atom is 0.326 e. The van der Waals surface area contributed by atoms with Crippen molar-refractivity contribution in [2.45, 2.75) is 19.4 Å². The zero-order valence-corrected chi connectivity index (χ0v) is 10.1. The Bertz CT molecular complexity index is 451. The Labute approximate surface area is 104 Å². The number of phenols is 2. The van der Waals surface area contributed by atoms with Crippen molar-refractivity contribution in [2.24, 2.45) is 0 Å². The van der Waals surface area contributed by atoms with Crippen molar-refractivity contribution >= 4 is 11.9 Å². The van der Waals surface area contributed by atoms with E-state index < -0.39 is 17.9 Å². The smallest absolute Gasteiger partial charge is 0.326 e. The molecular weight excluding hydrogens is 238 g/mol. The number of amides is 1. The first-order valence-corrected chi connectivity index (χ1v) is 5.39. The first-order chi connectivity index (χ1) is 8.36. The molecular formula is C12H15NO5. The molecule has 1 unspecified atom stereocenters. The van der Waals surface area contributed by atoms with E-state index in [4.69, 9.17) is 5.11 Å². The number of carboxylic acids is 1. The van der Waals surface area contributed by atoms with E-state index in [-0.39, 0.29) is 23.5 Å². The number of rotatable bonds is 4. The largest absolute Gasteiger partial charge is 0.508 e. The standard InChI is InChI=1S/C12H15NO5/c1-3-10(12(17)18)13(2)11(16)7-4-8(14)6-9(15)5-7/h4-6,10,14-15H,3H2,1-2H3,(H,17,18). The summed E-state index contributed by atoms with van der Waals surface area (Å²) in [5.74, 6) is -2.18. The molecule has 1 aromatic rings. The summed E-state index contributed by atoms with van der Waals surface area (Å²) in [4.78, 5) is 24.0. The maximum absolute atomic E-state index is 12.0. The molecule has 0 saturated heterocycles. The molecule has 0 aromatic heterocycles. The minimum atomic E-state index is -1.10. The fourth-order valence-electron chi connectivity index (χ4n) is 1.68. The van der Waals surface area contributed by atoms with Crippen LogP contribution in [0.1, 0.15) is 23.7 Å². The molecule has 1 rings (SSSR count). The van der Waals surface area contributed by atoms with Gasteiger partial charge in [-0.05, 0) is 18.6 Å². The van der Waals surface area contributed by atoms with Crippen LogP contribution < -0.4 is 0 Å². The zero-order chi connectivity index (χ0) is 13.9. The third-order valence-corrected chi connectivity index (χ3v) is 2.61. The van der Waals surface area contributed by atoms with Gasteiger partial charge in [-0.2, -0.15) is 0 Å². The van der Waals surface area contributed by atoms with E-state index in [2.05, 4.69) is 0 Å². The Kier molecular flexibility index (Phi) is 4.14. The molecule has 3 N–H and O–H groups in total. The number of carboxylic acid groups (broad SMARTS) is 1. The predicted octanol–water partition coefficient (Wildman–Crippen LogP) is 1.03. The Morgan fingerprint density at radius 3 is 2.11 bits per heavy atom. The van der Waals surface area contributed by atoms with Crippen LogP contribution in [-0.2, 0) is 4.79 Å². The molecule has 6 heteroatoms. The molecule has 0 radical (unpaired) electrons. The van der Waals surface area contributed by atoms with Gasteiger partial charge in [-0.25, -0.2) is 4.79 Å². The zero-order valence-electron chi connectivity index (χ0n) is 10.1. The topological polar surface area (TPSA) is 98.1 Å². The summed E-state index contributed by atoms with van der Waals surface area (Å²) >= 11 is 0. The molecule has 0 aliphatic rings. The fourth-order valence-corrected chi connectivity index (χ4v) is 1.68. The van der Waals surface area contributed by atoms with Crippen LogP contribution >= 0.6 is 0 Å². The summed E-state index contributed by atoms with van der Waals surface area (Å²) in [6.45, 7) is 1.66. The van der Waals surface area contributed by atoms with Gasteiger partial charge in [-0.1, -0.05) is 6.92 Å². The van der Waals surface area contributed by atoms with Gasteiger partial charge in [0.2, 0.25) is 0 Å². The van der Waals surface area contributed by atoms with E-state index in [0.717, 1.165) is 11.0 Å². The number of likely N-dealkylation sites (N-methyl/N-ethyl adjacent to an activating group) is 1. The van der Waals surface area contributed by atoms with E-state index in [1.165, 1.54) is 19.2 Å². The van der Waals surface area contributed by atoms with E-state index in [1.807, 2.05) is 0 Å². The quantitative estimate of drug-likeness (QED) is 0.744. The van der Waals surface area contributed by atoms with Crippen molar-refractivity contribution in [2.75, 3.05) is 7.05 Å². The first-order valence-electron chi connectivity index (χ1n) is 5.39. The SMILES string of the molecule is CCC(C(=O)O)N(C)C(=O)c1cc(O)cc(O)c1. The van der Waals surface area contributed by atoms with Crippen LogP contribution in [0.3, 0.4) is 0 Å². The minimum Gasteiger partial charge on any atom is -0.508 e. The Balaban J connectivity index is 3.02. The number of benzene rings is 1. The normalized spacial score (nSPS) is 11.9. The van der Waals surface area contributed by atoms with E-state index in [9.17, 15) is 19.8 Å². The molecule has 98 valence electrons. The summed E-state index contributed by atoms with van der Waals surface area (Å²) in [7, 11) is 1.37. The van der Waals surface area contributed by atoms with Crippen LogP contribution in [0.25, 0.3) is 0 Å². The second-order valence-electron chi connectivity index (χ2n) is 3.92. The summed E-state index contributed by atoms with van der Waals surface area (Å²) in [5, 5.41) is 27.5. The van der Waals surface area contributed by atoms with E-state index in [0.29, 0.717) is 0 Å². The van der Waals surface area contributed by atoms with Gasteiger partial charge < -0.3 is 20.2 Å². The number of aliphatic carboxylic acids is 1. The Hall–Kier alpha value is -2.24. The average Bonchev–Trinajstić information content (AvgIpc) is 2.26. The monoisotopic (exact) mass is 253 g/mol. The van der Waals surface area contributed by atoms with Crippen molar-refractivity contribution < 1.29 is 24.9 Å². The van der Waals surface area contributed by atoms with Gasteiger partial charge in [0.25, 0.3) is 5.91 Å². The molecule has 0 saturated carbocycles. The highest BCUT2D eigenvalue weighted by Gasteiger charge is 2.25. The summed E-state index contributed by atoms with van der Waals surface area (Å²) in [5.41, 5.74) is 0.0368. The molecule has 1 amide bonds. The van der Waals surface area contributed by atoms with E-state index >= 15 is 0 Å². The Morgan fingerprint density at radius 2 is 1.72 bits per heavy atom. The van der Waals surface area contributed by atoms with Crippen LogP contribution in [0.5, 0.6) is 11.5 Å². The van der Waals surface area contributed by atoms with Gasteiger partial charge in [0.15, 0.2) is 0 Å². The lowest BCUT2D eigenvalue weighted by Gasteiger charge is -2.23. The van der Waals surface area contributed by atoms with Crippen molar-refractivity contribution in [1.29, 1.82) is 0 Å². The average molecular weight is 253 g/mol. The molecule has 1 atom stereocenters. The first kappa shape index (κ1) is 13.8. The Morgan fingerprint density at radius 1 is 1.22 bits per heavy atom.